The zero-order chi connectivity index (χ0) is 20.4. The van der Waals surface area contributed by atoms with Gasteiger partial charge in [-0.05, 0) is 38.0 Å². The number of nitrogens with zero attached hydrogens (tertiary/aromatic N) is 2. The number of hydrogen-bond donors (Lipinski definition) is 2. The topological polar surface area (TPSA) is 98.0 Å². The van der Waals surface area contributed by atoms with E-state index in [0.717, 1.165) is 6.07 Å². The van der Waals surface area contributed by atoms with Crippen molar-refractivity contribution in [2.45, 2.75) is 39.4 Å². The molecule has 2 aromatic rings. The van der Waals surface area contributed by atoms with Gasteiger partial charge in [0, 0.05) is 5.56 Å². The molecule has 1 heterocycles. The Hall–Kier alpha value is -2.97. The number of nitrogens with two attached hydrogens (primary N) is 1. The third kappa shape index (κ3) is 4.60. The number of primary amides is 1. The molecule has 0 bridgehead atoms. The summed E-state index contributed by atoms with van der Waals surface area (Å²) >= 11 is 0. The van der Waals surface area contributed by atoms with Crippen molar-refractivity contribution < 1.29 is 22.8 Å². The molecule has 0 spiro atoms. The van der Waals surface area contributed by atoms with E-state index in [0.29, 0.717) is 11.8 Å². The molecule has 0 saturated carbocycles. The summed E-state index contributed by atoms with van der Waals surface area (Å²) in [5, 5.41) is 2.98. The molecule has 144 valence electrons. The number of amides is 1. The summed E-state index contributed by atoms with van der Waals surface area (Å²) in [5.41, 5.74) is 5.22. The summed E-state index contributed by atoms with van der Waals surface area (Å²) in [4.78, 5) is 30.8. The Morgan fingerprint density at radius 3 is 2.52 bits per heavy atom. The molecular weight excluding hydrogens is 361 g/mol. The Labute approximate surface area is 154 Å². The Kier molecular flexibility index (Phi) is 5.82. The fourth-order valence-corrected chi connectivity index (χ4v) is 2.90. The summed E-state index contributed by atoms with van der Waals surface area (Å²) in [7, 11) is 0. The molecule has 0 radical (unpaired) electrons. The quantitative estimate of drug-likeness (QED) is 0.751. The Morgan fingerprint density at radius 2 is 1.96 bits per heavy atom. The number of benzene rings is 1. The van der Waals surface area contributed by atoms with E-state index in [2.05, 4.69) is 15.3 Å². The summed E-state index contributed by atoms with van der Waals surface area (Å²) in [5.74, 6) is -0.218. The highest BCUT2D eigenvalue weighted by Crippen LogP contribution is 2.35. The van der Waals surface area contributed by atoms with Crippen molar-refractivity contribution in [2.75, 3.05) is 5.32 Å². The van der Waals surface area contributed by atoms with Crippen LogP contribution in [0.15, 0.2) is 18.2 Å². The highest BCUT2D eigenvalue weighted by atomic mass is 19.4. The van der Waals surface area contributed by atoms with E-state index < -0.39 is 23.7 Å². The lowest BCUT2D eigenvalue weighted by Crippen LogP contribution is -2.20. The van der Waals surface area contributed by atoms with Crippen LogP contribution >= 0.6 is 0 Å². The monoisotopic (exact) mass is 380 g/mol. The number of halogens is 3. The van der Waals surface area contributed by atoms with Crippen LogP contribution in [0.3, 0.4) is 0 Å². The lowest BCUT2D eigenvalue weighted by molar-refractivity contribution is -0.138. The van der Waals surface area contributed by atoms with E-state index in [-0.39, 0.29) is 34.9 Å². The van der Waals surface area contributed by atoms with Crippen molar-refractivity contribution in [3.8, 4) is 0 Å². The van der Waals surface area contributed by atoms with Crippen LogP contribution in [-0.4, -0.2) is 22.2 Å². The van der Waals surface area contributed by atoms with Crippen LogP contribution in [0.5, 0.6) is 0 Å². The molecule has 0 aliphatic heterocycles. The molecule has 0 aliphatic carbocycles. The molecule has 3 N–H and O–H groups in total. The molecule has 2 rings (SSSR count). The number of aldehydes is 1. The van der Waals surface area contributed by atoms with E-state index in [9.17, 15) is 22.8 Å². The van der Waals surface area contributed by atoms with Crippen molar-refractivity contribution in [2.24, 2.45) is 5.73 Å². The highest BCUT2D eigenvalue weighted by molar-refractivity contribution is 5.84. The molecule has 1 atom stereocenters. The standard InChI is InChI=1S/C18H19F3N4O2/c1-9-12(5-4-6-14(9)18(19,20)21)10(2)23-17-13(7-16(22)27)15(8-26)24-11(3)25-17/h4-6,8,10H,7H2,1-3H3,(H2,22,27)(H,23,24,25). The van der Waals surface area contributed by atoms with Gasteiger partial charge in [-0.3, -0.25) is 9.59 Å². The SMILES string of the molecule is Cc1nc(C=O)c(CC(N)=O)c(NC(C)c2cccc(C(F)(F)F)c2C)n1. The number of carbonyl (C=O) groups excluding carboxylic acids is 2. The first-order valence-corrected chi connectivity index (χ1v) is 8.08. The Balaban J connectivity index is 2.47. The molecule has 0 aliphatic rings. The molecule has 0 saturated heterocycles. The third-order valence-corrected chi connectivity index (χ3v) is 4.11. The number of nitrogens with one attached hydrogen (secondary N) is 1. The van der Waals surface area contributed by atoms with Crippen LogP contribution in [0.25, 0.3) is 0 Å². The smallest absolute Gasteiger partial charge is 0.369 e. The summed E-state index contributed by atoms with van der Waals surface area (Å²) in [6, 6.07) is 3.34. The minimum Gasteiger partial charge on any atom is -0.369 e. The van der Waals surface area contributed by atoms with Crippen LogP contribution in [0.1, 0.15) is 51.5 Å². The van der Waals surface area contributed by atoms with Crippen molar-refractivity contribution in [1.82, 2.24) is 9.97 Å². The van der Waals surface area contributed by atoms with Gasteiger partial charge in [-0.15, -0.1) is 0 Å². The molecule has 1 unspecified atom stereocenters. The molecule has 27 heavy (non-hydrogen) atoms. The zero-order valence-corrected chi connectivity index (χ0v) is 15.0. The van der Waals surface area contributed by atoms with E-state index in [4.69, 9.17) is 5.73 Å². The number of carbonyl (C=O) groups is 2. The second kappa shape index (κ2) is 7.73. The molecular formula is C18H19F3N4O2. The number of rotatable bonds is 6. The normalized spacial score (nSPS) is 12.5. The minimum absolute atomic E-state index is 0.0109. The van der Waals surface area contributed by atoms with E-state index >= 15 is 0 Å². The minimum atomic E-state index is -4.47. The van der Waals surface area contributed by atoms with Gasteiger partial charge in [-0.1, -0.05) is 12.1 Å². The van der Waals surface area contributed by atoms with Gasteiger partial charge in [-0.2, -0.15) is 13.2 Å². The molecule has 0 fully saturated rings. The lowest BCUT2D eigenvalue weighted by Gasteiger charge is -2.22. The van der Waals surface area contributed by atoms with Crippen molar-refractivity contribution in [3.05, 3.63) is 52.0 Å². The van der Waals surface area contributed by atoms with Crippen LogP contribution in [0.2, 0.25) is 0 Å². The molecule has 1 amide bonds. The Morgan fingerprint density at radius 1 is 1.30 bits per heavy atom. The number of anilines is 1. The van der Waals surface area contributed by atoms with Crippen molar-refractivity contribution in [1.29, 1.82) is 0 Å². The maximum Gasteiger partial charge on any atom is 0.416 e. The maximum absolute atomic E-state index is 13.1. The molecule has 6 nitrogen and oxygen atoms in total. The average molecular weight is 380 g/mol. The second-order valence-corrected chi connectivity index (χ2v) is 6.13. The maximum atomic E-state index is 13.1. The van der Waals surface area contributed by atoms with Gasteiger partial charge < -0.3 is 11.1 Å². The summed E-state index contributed by atoms with van der Waals surface area (Å²) in [6.45, 7) is 4.61. The summed E-state index contributed by atoms with van der Waals surface area (Å²) in [6.07, 6.45) is -4.25. The molecule has 1 aromatic heterocycles. The number of aromatic nitrogens is 2. The third-order valence-electron chi connectivity index (χ3n) is 4.11. The van der Waals surface area contributed by atoms with Crippen molar-refractivity contribution in [3.63, 3.8) is 0 Å². The van der Waals surface area contributed by atoms with Gasteiger partial charge in [0.1, 0.15) is 17.3 Å². The van der Waals surface area contributed by atoms with Gasteiger partial charge in [0.05, 0.1) is 18.0 Å². The number of aryl methyl sites for hydroxylation is 1. The fourth-order valence-electron chi connectivity index (χ4n) is 2.90. The van der Waals surface area contributed by atoms with Gasteiger partial charge in [-0.25, -0.2) is 9.97 Å². The Bertz CT molecular complexity index is 882. The first-order chi connectivity index (χ1) is 12.5. The number of hydrogen-bond acceptors (Lipinski definition) is 5. The van der Waals surface area contributed by atoms with Crippen LogP contribution < -0.4 is 11.1 Å². The second-order valence-electron chi connectivity index (χ2n) is 6.13. The van der Waals surface area contributed by atoms with E-state index in [1.54, 1.807) is 19.9 Å². The van der Waals surface area contributed by atoms with Crippen LogP contribution in [0.4, 0.5) is 19.0 Å². The zero-order valence-electron chi connectivity index (χ0n) is 15.0. The first kappa shape index (κ1) is 20.3. The first-order valence-electron chi connectivity index (χ1n) is 8.08. The largest absolute Gasteiger partial charge is 0.416 e. The molecule has 9 heteroatoms. The fraction of sp³-hybridized carbons (Fsp3) is 0.333. The van der Waals surface area contributed by atoms with Crippen LogP contribution in [-0.2, 0) is 17.4 Å². The van der Waals surface area contributed by atoms with Crippen LogP contribution in [0, 0.1) is 13.8 Å². The average Bonchev–Trinajstić information content (AvgIpc) is 2.55. The summed E-state index contributed by atoms with van der Waals surface area (Å²) < 4.78 is 39.4. The van der Waals surface area contributed by atoms with Gasteiger partial charge in [0.25, 0.3) is 0 Å². The van der Waals surface area contributed by atoms with Gasteiger partial charge in [0.15, 0.2) is 6.29 Å². The lowest BCUT2D eigenvalue weighted by atomic mass is 9.97. The van der Waals surface area contributed by atoms with Gasteiger partial charge >= 0.3 is 6.18 Å². The highest BCUT2D eigenvalue weighted by Gasteiger charge is 2.33. The predicted molar refractivity (Wildman–Crippen MR) is 93.3 cm³/mol. The molecule has 1 aromatic carbocycles. The number of alkyl halides is 3. The van der Waals surface area contributed by atoms with E-state index in [1.807, 2.05) is 0 Å². The van der Waals surface area contributed by atoms with Crippen molar-refractivity contribution >= 4 is 18.0 Å². The van der Waals surface area contributed by atoms with E-state index in [1.165, 1.54) is 13.0 Å². The van der Waals surface area contributed by atoms with Gasteiger partial charge in [0.2, 0.25) is 5.91 Å². The predicted octanol–water partition coefficient (Wildman–Crippen LogP) is 3.13.